The van der Waals surface area contributed by atoms with Crippen molar-refractivity contribution in [1.29, 1.82) is 0 Å². The van der Waals surface area contributed by atoms with Crippen molar-refractivity contribution < 1.29 is 13.5 Å². The average Bonchev–Trinajstić information content (AvgIpc) is 2.06. The van der Waals surface area contributed by atoms with Crippen molar-refractivity contribution in [2.45, 2.75) is 0 Å². The minimum absolute atomic E-state index is 0.277. The van der Waals surface area contributed by atoms with Crippen LogP contribution in [0.25, 0.3) is 0 Å². The van der Waals surface area contributed by atoms with Gasteiger partial charge in [-0.15, -0.1) is 0 Å². The zero-order chi connectivity index (χ0) is 9.14. The van der Waals surface area contributed by atoms with Gasteiger partial charge in [-0.1, -0.05) is 0 Å². The van der Waals surface area contributed by atoms with Gasteiger partial charge in [-0.2, -0.15) is 0 Å². The second-order valence-corrected chi connectivity index (χ2v) is 4.17. The summed E-state index contributed by atoms with van der Waals surface area (Å²) < 4.78 is 30.3. The fourth-order valence-corrected chi connectivity index (χ4v) is 2.44. The number of hydrogen-bond acceptors (Lipinski definition) is 1. The van der Waals surface area contributed by atoms with Crippen molar-refractivity contribution in [3.8, 4) is 5.75 Å². The lowest BCUT2D eigenvalue weighted by Gasteiger charge is -2.06. The Labute approximate surface area is 95.8 Å². The van der Waals surface area contributed by atoms with Gasteiger partial charge in [0.15, 0.2) is 5.75 Å². The summed E-state index contributed by atoms with van der Waals surface area (Å²) in [6.45, 7) is -0.935. The molecule has 0 aliphatic carbocycles. The molecule has 0 spiro atoms. The van der Waals surface area contributed by atoms with Crippen LogP contribution in [-0.4, -0.2) is 6.86 Å². The van der Waals surface area contributed by atoms with E-state index in [0.29, 0.717) is 7.14 Å². The van der Waals surface area contributed by atoms with Crippen LogP contribution >= 0.6 is 45.2 Å². The standard InChI is InChI=1S/C7H4F2I2O/c8-3-12-7-5(10)2-1-4(9)6(7)11/h1-2H,3H2. The summed E-state index contributed by atoms with van der Waals surface area (Å²) in [6, 6.07) is 2.87. The first-order valence-corrected chi connectivity index (χ1v) is 5.15. The molecule has 0 aromatic heterocycles. The van der Waals surface area contributed by atoms with Crippen molar-refractivity contribution in [2.24, 2.45) is 0 Å². The van der Waals surface area contributed by atoms with E-state index < -0.39 is 6.86 Å². The topological polar surface area (TPSA) is 9.23 Å². The van der Waals surface area contributed by atoms with E-state index in [0.717, 1.165) is 0 Å². The molecule has 1 aromatic carbocycles. The largest absolute Gasteiger partial charge is 0.461 e. The summed E-state index contributed by atoms with van der Waals surface area (Å²) in [7, 11) is 0. The molecular formula is C7H4F2I2O. The van der Waals surface area contributed by atoms with E-state index in [-0.39, 0.29) is 11.6 Å². The van der Waals surface area contributed by atoms with Crippen LogP contribution < -0.4 is 4.74 Å². The van der Waals surface area contributed by atoms with Crippen molar-refractivity contribution in [3.05, 3.63) is 25.1 Å². The predicted octanol–water partition coefficient (Wildman–Crippen LogP) is 3.34. The summed E-state index contributed by atoms with van der Waals surface area (Å²) in [4.78, 5) is 0. The number of rotatable bonds is 2. The van der Waals surface area contributed by atoms with E-state index in [9.17, 15) is 8.78 Å². The second-order valence-electron chi connectivity index (χ2n) is 1.93. The summed E-state index contributed by atoms with van der Waals surface area (Å²) in [5.74, 6) is -0.113. The van der Waals surface area contributed by atoms with Gasteiger partial charge in [-0.05, 0) is 57.3 Å². The first-order chi connectivity index (χ1) is 5.66. The molecule has 0 radical (unpaired) electrons. The van der Waals surface area contributed by atoms with Crippen molar-refractivity contribution >= 4 is 45.2 Å². The molecule has 0 bridgehead atoms. The van der Waals surface area contributed by atoms with Crippen LogP contribution in [0.4, 0.5) is 8.78 Å². The molecule has 0 atom stereocenters. The first-order valence-electron chi connectivity index (χ1n) is 2.99. The number of alkyl halides is 1. The summed E-state index contributed by atoms with van der Waals surface area (Å²) in [6.07, 6.45) is 0. The lowest BCUT2D eigenvalue weighted by molar-refractivity contribution is 0.188. The van der Waals surface area contributed by atoms with Gasteiger partial charge in [-0.25, -0.2) is 8.78 Å². The van der Waals surface area contributed by atoms with Gasteiger partial charge >= 0.3 is 0 Å². The Balaban J connectivity index is 3.14. The highest BCUT2D eigenvalue weighted by Gasteiger charge is 2.10. The predicted molar refractivity (Wildman–Crippen MR) is 58.4 cm³/mol. The van der Waals surface area contributed by atoms with Gasteiger partial charge in [0, 0.05) is 0 Å². The smallest absolute Gasteiger partial charge is 0.228 e. The molecule has 0 aliphatic heterocycles. The highest BCUT2D eigenvalue weighted by molar-refractivity contribution is 14.1. The Morgan fingerprint density at radius 3 is 2.58 bits per heavy atom. The van der Waals surface area contributed by atoms with Gasteiger partial charge in [0.2, 0.25) is 6.86 Å². The lowest BCUT2D eigenvalue weighted by Crippen LogP contribution is -1.97. The average molecular weight is 396 g/mol. The molecule has 66 valence electrons. The summed E-state index contributed by atoms with van der Waals surface area (Å²) >= 11 is 3.75. The van der Waals surface area contributed by atoms with E-state index >= 15 is 0 Å². The van der Waals surface area contributed by atoms with Crippen LogP contribution in [0.1, 0.15) is 0 Å². The van der Waals surface area contributed by atoms with Crippen molar-refractivity contribution in [3.63, 3.8) is 0 Å². The SMILES string of the molecule is FCOc1c(I)ccc(F)c1I. The van der Waals surface area contributed by atoms with E-state index in [1.165, 1.54) is 6.07 Å². The molecule has 5 heteroatoms. The number of benzene rings is 1. The zero-order valence-electron chi connectivity index (χ0n) is 5.78. The Kier molecular flexibility index (Phi) is 3.94. The molecule has 1 nitrogen and oxygen atoms in total. The van der Waals surface area contributed by atoms with Crippen molar-refractivity contribution in [2.75, 3.05) is 6.86 Å². The van der Waals surface area contributed by atoms with Crippen molar-refractivity contribution in [1.82, 2.24) is 0 Å². The number of ether oxygens (including phenoxy) is 1. The van der Waals surface area contributed by atoms with Crippen LogP contribution in [0.5, 0.6) is 5.75 Å². The zero-order valence-corrected chi connectivity index (χ0v) is 10.1. The second kappa shape index (κ2) is 4.54. The maximum absolute atomic E-state index is 12.9. The third kappa shape index (κ3) is 2.18. The van der Waals surface area contributed by atoms with E-state index in [1.54, 1.807) is 28.7 Å². The minimum Gasteiger partial charge on any atom is -0.461 e. The van der Waals surface area contributed by atoms with Crippen LogP contribution in [-0.2, 0) is 0 Å². The van der Waals surface area contributed by atoms with E-state index in [1.807, 2.05) is 22.6 Å². The molecule has 0 saturated carbocycles. The fourth-order valence-electron chi connectivity index (χ4n) is 0.695. The van der Waals surface area contributed by atoms with Gasteiger partial charge in [-0.3, -0.25) is 0 Å². The highest BCUT2D eigenvalue weighted by Crippen LogP contribution is 2.29. The molecule has 0 aliphatic rings. The lowest BCUT2D eigenvalue weighted by atomic mass is 10.3. The third-order valence-electron chi connectivity index (χ3n) is 1.20. The molecule has 0 fully saturated rings. The molecule has 0 heterocycles. The molecule has 0 unspecified atom stereocenters. The van der Waals surface area contributed by atoms with Gasteiger partial charge in [0.05, 0.1) is 7.14 Å². The van der Waals surface area contributed by atoms with E-state index in [2.05, 4.69) is 4.74 Å². The summed E-state index contributed by atoms with van der Waals surface area (Å²) in [5.41, 5.74) is 0. The number of hydrogen-bond donors (Lipinski definition) is 0. The molecule has 12 heavy (non-hydrogen) atoms. The molecule has 1 rings (SSSR count). The van der Waals surface area contributed by atoms with Crippen LogP contribution in [0.15, 0.2) is 12.1 Å². The molecular weight excluding hydrogens is 392 g/mol. The van der Waals surface area contributed by atoms with Gasteiger partial charge in [0.1, 0.15) is 5.82 Å². The Morgan fingerprint density at radius 1 is 1.33 bits per heavy atom. The Hall–Kier alpha value is 0.340. The third-order valence-corrected chi connectivity index (χ3v) is 3.06. The highest BCUT2D eigenvalue weighted by atomic mass is 127. The fraction of sp³-hybridized carbons (Fsp3) is 0.143. The van der Waals surface area contributed by atoms with Crippen LogP contribution in [0.3, 0.4) is 0 Å². The first kappa shape index (κ1) is 10.4. The Bertz CT molecular complexity index is 291. The maximum Gasteiger partial charge on any atom is 0.228 e. The molecule has 1 aromatic rings. The number of halogens is 4. The normalized spacial score (nSPS) is 10.0. The van der Waals surface area contributed by atoms with E-state index in [4.69, 9.17) is 0 Å². The quantitative estimate of drug-likeness (QED) is 0.551. The van der Waals surface area contributed by atoms with Gasteiger partial charge in [0.25, 0.3) is 0 Å². The summed E-state index contributed by atoms with van der Waals surface area (Å²) in [5, 5.41) is 0. The van der Waals surface area contributed by atoms with Gasteiger partial charge < -0.3 is 4.74 Å². The molecule has 0 amide bonds. The minimum atomic E-state index is -0.935. The maximum atomic E-state index is 12.9. The monoisotopic (exact) mass is 396 g/mol. The molecule has 0 N–H and O–H groups in total. The molecule has 0 saturated heterocycles. The van der Waals surface area contributed by atoms with Crippen LogP contribution in [0.2, 0.25) is 0 Å². The van der Waals surface area contributed by atoms with Crippen LogP contribution in [0, 0.1) is 13.0 Å². The Morgan fingerprint density at radius 2 is 2.00 bits per heavy atom.